The number of rotatable bonds is 1. The van der Waals surface area contributed by atoms with Crippen LogP contribution < -0.4 is 5.43 Å². The molecule has 5 nitrogen and oxygen atoms in total. The molecule has 0 unspecified atom stereocenters. The van der Waals surface area contributed by atoms with Crippen molar-refractivity contribution in [3.63, 3.8) is 0 Å². The molecule has 0 aliphatic rings. The molecule has 2 aromatic carbocycles. The summed E-state index contributed by atoms with van der Waals surface area (Å²) in [4.78, 5) is 12.4. The molecule has 0 aliphatic carbocycles. The van der Waals surface area contributed by atoms with E-state index in [4.69, 9.17) is 4.42 Å². The molecule has 0 atom stereocenters. The van der Waals surface area contributed by atoms with Gasteiger partial charge in [-0.2, -0.15) is 0 Å². The average Bonchev–Trinajstić information content (AvgIpc) is 2.45. The van der Waals surface area contributed by atoms with Crippen LogP contribution in [0.5, 0.6) is 17.2 Å². The fourth-order valence-electron chi connectivity index (χ4n) is 2.27. The number of aromatic hydroxyl groups is 3. The van der Waals surface area contributed by atoms with E-state index in [1.807, 2.05) is 0 Å². The zero-order chi connectivity index (χ0) is 16.0. The smallest absolute Gasteiger partial charge is 0.210 e. The Bertz CT molecular complexity index is 959. The molecule has 3 N–H and O–H groups in total. The molecule has 0 radical (unpaired) electrons. The second kappa shape index (κ2) is 4.99. The van der Waals surface area contributed by atoms with E-state index in [1.54, 1.807) is 19.1 Å². The lowest BCUT2D eigenvalue weighted by molar-refractivity contribution is 0.452. The van der Waals surface area contributed by atoms with Gasteiger partial charge in [-0.1, -0.05) is 0 Å². The second-order valence-corrected chi connectivity index (χ2v) is 5.40. The standard InChI is InChI=1S/C16H12O5S/c1-7-4-8(2-3-10(7)18)15-16(22)14(20)13-11(19)5-9(17)6-12(13)21-15/h2-6,17-19,22H,1H3. The maximum atomic E-state index is 12.4. The third kappa shape index (κ3) is 2.17. The first kappa shape index (κ1) is 14.3. The molecule has 3 rings (SSSR count). The monoisotopic (exact) mass is 316 g/mol. The molecule has 0 saturated carbocycles. The average molecular weight is 316 g/mol. The lowest BCUT2D eigenvalue weighted by Crippen LogP contribution is -2.05. The normalized spacial score (nSPS) is 11.0. The quantitative estimate of drug-likeness (QED) is 0.518. The molecular weight excluding hydrogens is 304 g/mol. The van der Waals surface area contributed by atoms with E-state index >= 15 is 0 Å². The molecule has 0 fully saturated rings. The van der Waals surface area contributed by atoms with Gasteiger partial charge in [0.05, 0.1) is 4.90 Å². The van der Waals surface area contributed by atoms with Crippen molar-refractivity contribution in [3.05, 3.63) is 46.1 Å². The molecule has 6 heteroatoms. The third-order valence-electron chi connectivity index (χ3n) is 3.39. The fraction of sp³-hybridized carbons (Fsp3) is 0.0625. The highest BCUT2D eigenvalue weighted by Gasteiger charge is 2.17. The first-order valence-corrected chi connectivity index (χ1v) is 6.85. The predicted molar refractivity (Wildman–Crippen MR) is 84.9 cm³/mol. The maximum Gasteiger partial charge on any atom is 0.210 e. The van der Waals surface area contributed by atoms with Crippen LogP contribution in [0.2, 0.25) is 0 Å². The van der Waals surface area contributed by atoms with Gasteiger partial charge in [0.2, 0.25) is 5.43 Å². The Morgan fingerprint density at radius 1 is 1.05 bits per heavy atom. The highest BCUT2D eigenvalue weighted by atomic mass is 32.1. The van der Waals surface area contributed by atoms with Gasteiger partial charge in [0.15, 0.2) is 5.76 Å². The summed E-state index contributed by atoms with van der Waals surface area (Å²) < 4.78 is 5.64. The number of hydrogen-bond donors (Lipinski definition) is 4. The third-order valence-corrected chi connectivity index (χ3v) is 3.80. The summed E-state index contributed by atoms with van der Waals surface area (Å²) in [5, 5.41) is 28.9. The number of phenolic OH excluding ortho intramolecular Hbond substituents is 3. The second-order valence-electron chi connectivity index (χ2n) is 4.95. The Morgan fingerprint density at radius 2 is 1.77 bits per heavy atom. The molecule has 112 valence electrons. The summed E-state index contributed by atoms with van der Waals surface area (Å²) in [6.45, 7) is 1.72. The molecule has 0 aliphatic heterocycles. The largest absolute Gasteiger partial charge is 0.508 e. The van der Waals surface area contributed by atoms with Crippen molar-refractivity contribution < 1.29 is 19.7 Å². The van der Waals surface area contributed by atoms with E-state index < -0.39 is 5.43 Å². The number of benzene rings is 2. The topological polar surface area (TPSA) is 90.9 Å². The highest BCUT2D eigenvalue weighted by Crippen LogP contribution is 2.34. The summed E-state index contributed by atoms with van der Waals surface area (Å²) in [5.41, 5.74) is 0.734. The highest BCUT2D eigenvalue weighted by molar-refractivity contribution is 7.80. The number of thiol groups is 1. The van der Waals surface area contributed by atoms with E-state index in [-0.39, 0.29) is 38.9 Å². The zero-order valence-electron chi connectivity index (χ0n) is 11.5. The minimum atomic E-state index is -0.497. The minimum absolute atomic E-state index is 0.0398. The zero-order valence-corrected chi connectivity index (χ0v) is 12.4. The van der Waals surface area contributed by atoms with Gasteiger partial charge in [0.1, 0.15) is 28.2 Å². The van der Waals surface area contributed by atoms with Gasteiger partial charge in [-0.25, -0.2) is 0 Å². The summed E-state index contributed by atoms with van der Waals surface area (Å²) >= 11 is 4.19. The van der Waals surface area contributed by atoms with Gasteiger partial charge >= 0.3 is 0 Å². The van der Waals surface area contributed by atoms with Gasteiger partial charge in [0, 0.05) is 17.7 Å². The van der Waals surface area contributed by atoms with E-state index in [0.29, 0.717) is 11.1 Å². The number of hydrogen-bond acceptors (Lipinski definition) is 6. The van der Waals surface area contributed by atoms with Crippen molar-refractivity contribution in [2.24, 2.45) is 0 Å². The molecule has 22 heavy (non-hydrogen) atoms. The van der Waals surface area contributed by atoms with E-state index in [2.05, 4.69) is 12.6 Å². The van der Waals surface area contributed by atoms with Crippen LogP contribution in [-0.2, 0) is 0 Å². The summed E-state index contributed by atoms with van der Waals surface area (Å²) in [7, 11) is 0. The summed E-state index contributed by atoms with van der Waals surface area (Å²) in [6.07, 6.45) is 0. The molecule has 3 aromatic rings. The first-order valence-electron chi connectivity index (χ1n) is 6.40. The van der Waals surface area contributed by atoms with Gasteiger partial charge in [-0.05, 0) is 30.7 Å². The van der Waals surface area contributed by atoms with Crippen molar-refractivity contribution in [1.82, 2.24) is 0 Å². The van der Waals surface area contributed by atoms with Gasteiger partial charge in [-0.15, -0.1) is 12.6 Å². The van der Waals surface area contributed by atoms with Crippen LogP contribution in [0.4, 0.5) is 0 Å². The number of fused-ring (bicyclic) bond motifs is 1. The Labute approximate surface area is 130 Å². The molecule has 0 spiro atoms. The molecule has 0 bridgehead atoms. The Hall–Kier alpha value is -2.60. The lowest BCUT2D eigenvalue weighted by atomic mass is 10.1. The van der Waals surface area contributed by atoms with Gasteiger partial charge < -0.3 is 19.7 Å². The van der Waals surface area contributed by atoms with E-state index in [1.165, 1.54) is 12.1 Å². The van der Waals surface area contributed by atoms with Crippen LogP contribution in [0.15, 0.2) is 44.4 Å². The molecule has 1 heterocycles. The van der Waals surface area contributed by atoms with Gasteiger partial charge in [-0.3, -0.25) is 4.79 Å². The fourth-order valence-corrected chi connectivity index (χ4v) is 2.55. The Balaban J connectivity index is 2.38. The Kier molecular flexibility index (Phi) is 3.26. The molecular formula is C16H12O5S. The van der Waals surface area contributed by atoms with E-state index in [0.717, 1.165) is 6.07 Å². The lowest BCUT2D eigenvalue weighted by Gasteiger charge is -2.09. The van der Waals surface area contributed by atoms with Gasteiger partial charge in [0.25, 0.3) is 0 Å². The van der Waals surface area contributed by atoms with Crippen molar-refractivity contribution >= 4 is 23.6 Å². The summed E-state index contributed by atoms with van der Waals surface area (Å²) in [6, 6.07) is 7.05. The predicted octanol–water partition coefficient (Wildman–Crippen LogP) is 3.17. The van der Waals surface area contributed by atoms with Crippen LogP contribution >= 0.6 is 12.6 Å². The summed E-state index contributed by atoms with van der Waals surface area (Å²) in [5.74, 6) is -0.253. The Morgan fingerprint density at radius 3 is 2.45 bits per heavy atom. The first-order chi connectivity index (χ1) is 10.4. The van der Waals surface area contributed by atoms with E-state index in [9.17, 15) is 20.1 Å². The maximum absolute atomic E-state index is 12.4. The van der Waals surface area contributed by atoms with Crippen LogP contribution in [0.25, 0.3) is 22.3 Å². The van der Waals surface area contributed by atoms with Crippen LogP contribution in [0.1, 0.15) is 5.56 Å². The van der Waals surface area contributed by atoms with Crippen LogP contribution in [0.3, 0.4) is 0 Å². The van der Waals surface area contributed by atoms with Crippen LogP contribution in [-0.4, -0.2) is 15.3 Å². The van der Waals surface area contributed by atoms with Crippen molar-refractivity contribution in [2.45, 2.75) is 11.8 Å². The minimum Gasteiger partial charge on any atom is -0.508 e. The van der Waals surface area contributed by atoms with Crippen molar-refractivity contribution in [2.75, 3.05) is 0 Å². The van der Waals surface area contributed by atoms with Crippen LogP contribution in [0, 0.1) is 6.92 Å². The number of phenols is 3. The number of aryl methyl sites for hydroxylation is 1. The molecule has 0 saturated heterocycles. The van der Waals surface area contributed by atoms with Crippen molar-refractivity contribution in [1.29, 1.82) is 0 Å². The molecule has 1 aromatic heterocycles. The SMILES string of the molecule is Cc1cc(-c2oc3cc(O)cc(O)c3c(=O)c2S)ccc1O. The van der Waals surface area contributed by atoms with Crippen molar-refractivity contribution in [3.8, 4) is 28.6 Å². The molecule has 0 amide bonds.